The molecule has 2 rings (SSSR count). The van der Waals surface area contributed by atoms with Crippen molar-refractivity contribution in [2.24, 2.45) is 4.99 Å². The van der Waals surface area contributed by atoms with E-state index in [-0.39, 0.29) is 18.3 Å². The number of benzene rings is 2. The normalized spacial score (nSPS) is 11.0. The SMILES string of the molecule is CCNC(=NCc1ccccc1OC)NCC(=O)Nc1ccc(F)cc1. The molecule has 0 heterocycles. The number of methoxy groups -OCH3 is 1. The Kier molecular flexibility index (Phi) is 7.42. The Labute approximate surface area is 152 Å². The summed E-state index contributed by atoms with van der Waals surface area (Å²) in [5.74, 6) is 0.687. The Morgan fingerprint density at radius 2 is 1.85 bits per heavy atom. The molecule has 0 aromatic heterocycles. The van der Waals surface area contributed by atoms with Gasteiger partial charge in [-0.2, -0.15) is 0 Å². The molecule has 0 radical (unpaired) electrons. The van der Waals surface area contributed by atoms with Gasteiger partial charge in [0.25, 0.3) is 0 Å². The minimum atomic E-state index is -0.348. The Balaban J connectivity index is 1.92. The van der Waals surface area contributed by atoms with Crippen molar-refractivity contribution in [2.45, 2.75) is 13.5 Å². The minimum absolute atomic E-state index is 0.0368. The summed E-state index contributed by atoms with van der Waals surface area (Å²) in [5.41, 5.74) is 1.48. The van der Waals surface area contributed by atoms with E-state index in [9.17, 15) is 9.18 Å². The van der Waals surface area contributed by atoms with E-state index >= 15 is 0 Å². The predicted octanol–water partition coefficient (Wildman–Crippen LogP) is 2.53. The highest BCUT2D eigenvalue weighted by molar-refractivity contribution is 5.94. The number of guanidine groups is 1. The molecule has 0 fully saturated rings. The maximum atomic E-state index is 12.9. The molecule has 0 aliphatic heterocycles. The summed E-state index contributed by atoms with van der Waals surface area (Å²) in [4.78, 5) is 16.5. The zero-order valence-corrected chi connectivity index (χ0v) is 14.9. The van der Waals surface area contributed by atoms with Crippen LogP contribution >= 0.6 is 0 Å². The number of para-hydroxylation sites is 1. The molecule has 138 valence electrons. The number of rotatable bonds is 7. The second-order valence-electron chi connectivity index (χ2n) is 5.42. The topological polar surface area (TPSA) is 74.8 Å². The first-order valence-corrected chi connectivity index (χ1v) is 8.32. The fraction of sp³-hybridized carbons (Fsp3) is 0.263. The van der Waals surface area contributed by atoms with Gasteiger partial charge in [-0.05, 0) is 37.3 Å². The van der Waals surface area contributed by atoms with Crippen molar-refractivity contribution in [1.29, 1.82) is 0 Å². The van der Waals surface area contributed by atoms with E-state index in [0.717, 1.165) is 11.3 Å². The molecule has 0 unspecified atom stereocenters. The van der Waals surface area contributed by atoms with Gasteiger partial charge in [0.1, 0.15) is 11.6 Å². The van der Waals surface area contributed by atoms with Gasteiger partial charge < -0.3 is 20.7 Å². The van der Waals surface area contributed by atoms with Crippen LogP contribution < -0.4 is 20.7 Å². The molecule has 0 aliphatic rings. The molecule has 2 aromatic rings. The van der Waals surface area contributed by atoms with E-state index in [0.29, 0.717) is 24.7 Å². The number of nitrogens with zero attached hydrogens (tertiary/aromatic N) is 1. The highest BCUT2D eigenvalue weighted by atomic mass is 19.1. The molecule has 6 nitrogen and oxygen atoms in total. The molecule has 1 amide bonds. The van der Waals surface area contributed by atoms with Gasteiger partial charge in [-0.1, -0.05) is 18.2 Å². The zero-order valence-electron chi connectivity index (χ0n) is 14.9. The summed E-state index contributed by atoms with van der Waals surface area (Å²) in [7, 11) is 1.62. The first-order valence-electron chi connectivity index (χ1n) is 8.32. The summed E-state index contributed by atoms with van der Waals surface area (Å²) in [6.45, 7) is 3.06. The molecule has 0 aliphatic carbocycles. The van der Waals surface area contributed by atoms with Gasteiger partial charge >= 0.3 is 0 Å². The third-order valence-corrected chi connectivity index (χ3v) is 3.49. The van der Waals surface area contributed by atoms with Crippen LogP contribution in [0.3, 0.4) is 0 Å². The lowest BCUT2D eigenvalue weighted by Crippen LogP contribution is -2.41. The number of halogens is 1. The summed E-state index contributed by atoms with van der Waals surface area (Å²) >= 11 is 0. The number of hydrogen-bond acceptors (Lipinski definition) is 3. The average molecular weight is 358 g/mol. The summed E-state index contributed by atoms with van der Waals surface area (Å²) in [5, 5.41) is 8.75. The molecule has 0 atom stereocenters. The quantitative estimate of drug-likeness (QED) is 0.525. The number of carbonyl (C=O) groups is 1. The third kappa shape index (κ3) is 6.08. The fourth-order valence-electron chi connectivity index (χ4n) is 2.24. The monoisotopic (exact) mass is 358 g/mol. The van der Waals surface area contributed by atoms with E-state index in [1.807, 2.05) is 31.2 Å². The van der Waals surface area contributed by atoms with Crippen molar-refractivity contribution in [2.75, 3.05) is 25.5 Å². The lowest BCUT2D eigenvalue weighted by molar-refractivity contribution is -0.115. The van der Waals surface area contributed by atoms with Crippen LogP contribution in [0.5, 0.6) is 5.75 Å². The van der Waals surface area contributed by atoms with Gasteiger partial charge in [0.05, 0.1) is 20.2 Å². The van der Waals surface area contributed by atoms with Crippen LogP contribution in [-0.2, 0) is 11.3 Å². The smallest absolute Gasteiger partial charge is 0.243 e. The van der Waals surface area contributed by atoms with Crippen molar-refractivity contribution in [3.05, 3.63) is 59.9 Å². The Hall–Kier alpha value is -3.09. The van der Waals surface area contributed by atoms with Crippen molar-refractivity contribution < 1.29 is 13.9 Å². The fourth-order valence-corrected chi connectivity index (χ4v) is 2.24. The van der Waals surface area contributed by atoms with Gasteiger partial charge in [0.15, 0.2) is 5.96 Å². The van der Waals surface area contributed by atoms with E-state index in [1.54, 1.807) is 7.11 Å². The molecule has 0 spiro atoms. The number of aliphatic imine (C=N–C) groups is 1. The summed E-state index contributed by atoms with van der Waals surface area (Å²) < 4.78 is 18.2. The van der Waals surface area contributed by atoms with E-state index in [4.69, 9.17) is 4.74 Å². The van der Waals surface area contributed by atoms with Crippen LogP contribution in [0.1, 0.15) is 12.5 Å². The number of nitrogens with one attached hydrogen (secondary N) is 3. The Bertz CT molecular complexity index is 747. The van der Waals surface area contributed by atoms with E-state index in [2.05, 4.69) is 20.9 Å². The molecule has 3 N–H and O–H groups in total. The van der Waals surface area contributed by atoms with Gasteiger partial charge in [0.2, 0.25) is 5.91 Å². The molecule has 2 aromatic carbocycles. The van der Waals surface area contributed by atoms with Crippen LogP contribution in [0, 0.1) is 5.82 Å². The minimum Gasteiger partial charge on any atom is -0.496 e. The van der Waals surface area contributed by atoms with Crippen LogP contribution in [-0.4, -0.2) is 32.1 Å². The van der Waals surface area contributed by atoms with Crippen molar-refractivity contribution >= 4 is 17.6 Å². The van der Waals surface area contributed by atoms with E-state index in [1.165, 1.54) is 24.3 Å². The highest BCUT2D eigenvalue weighted by Crippen LogP contribution is 2.17. The average Bonchev–Trinajstić information content (AvgIpc) is 2.66. The van der Waals surface area contributed by atoms with Crippen LogP contribution in [0.2, 0.25) is 0 Å². The summed E-state index contributed by atoms with van der Waals surface area (Å²) in [6, 6.07) is 13.2. The first kappa shape index (κ1) is 19.2. The Morgan fingerprint density at radius 1 is 1.12 bits per heavy atom. The lowest BCUT2D eigenvalue weighted by atomic mass is 10.2. The van der Waals surface area contributed by atoms with Gasteiger partial charge in [-0.3, -0.25) is 4.79 Å². The van der Waals surface area contributed by atoms with Crippen molar-refractivity contribution in [1.82, 2.24) is 10.6 Å². The number of anilines is 1. The maximum absolute atomic E-state index is 12.9. The van der Waals surface area contributed by atoms with Gasteiger partial charge in [-0.15, -0.1) is 0 Å². The molecule has 7 heteroatoms. The lowest BCUT2D eigenvalue weighted by Gasteiger charge is -2.12. The van der Waals surface area contributed by atoms with Gasteiger partial charge in [0, 0.05) is 17.8 Å². The largest absolute Gasteiger partial charge is 0.496 e. The standard InChI is InChI=1S/C19H23FN4O2/c1-3-21-19(22-12-14-6-4-5-7-17(14)26-2)23-13-18(25)24-16-10-8-15(20)9-11-16/h4-11H,3,12-13H2,1-2H3,(H,24,25)(H2,21,22,23). The molecule has 0 saturated carbocycles. The second-order valence-corrected chi connectivity index (χ2v) is 5.42. The molecule has 0 saturated heterocycles. The van der Waals surface area contributed by atoms with Crippen LogP contribution in [0.4, 0.5) is 10.1 Å². The number of hydrogen-bond donors (Lipinski definition) is 3. The molecule has 0 bridgehead atoms. The molecular formula is C19H23FN4O2. The van der Waals surface area contributed by atoms with Crippen LogP contribution in [0.25, 0.3) is 0 Å². The van der Waals surface area contributed by atoms with Crippen molar-refractivity contribution in [3.8, 4) is 5.75 Å². The molecule has 26 heavy (non-hydrogen) atoms. The number of amides is 1. The first-order chi connectivity index (χ1) is 12.6. The van der Waals surface area contributed by atoms with Gasteiger partial charge in [-0.25, -0.2) is 9.38 Å². The third-order valence-electron chi connectivity index (χ3n) is 3.49. The second kappa shape index (κ2) is 10.0. The highest BCUT2D eigenvalue weighted by Gasteiger charge is 2.06. The Morgan fingerprint density at radius 3 is 2.54 bits per heavy atom. The molecular weight excluding hydrogens is 335 g/mol. The summed E-state index contributed by atoms with van der Waals surface area (Å²) in [6.07, 6.45) is 0. The van der Waals surface area contributed by atoms with Crippen LogP contribution in [0.15, 0.2) is 53.5 Å². The predicted molar refractivity (Wildman–Crippen MR) is 101 cm³/mol. The van der Waals surface area contributed by atoms with Crippen molar-refractivity contribution in [3.63, 3.8) is 0 Å². The van der Waals surface area contributed by atoms with E-state index < -0.39 is 0 Å². The number of carbonyl (C=O) groups excluding carboxylic acids is 1. The zero-order chi connectivity index (χ0) is 18.8. The maximum Gasteiger partial charge on any atom is 0.243 e. The number of ether oxygens (including phenoxy) is 1.